The van der Waals surface area contributed by atoms with Gasteiger partial charge in [-0.25, -0.2) is 9.18 Å². The van der Waals surface area contributed by atoms with Crippen LogP contribution in [-0.2, 0) is 0 Å². The van der Waals surface area contributed by atoms with Crippen molar-refractivity contribution in [3.63, 3.8) is 0 Å². The summed E-state index contributed by atoms with van der Waals surface area (Å²) >= 11 is 0. The molecule has 0 spiro atoms. The van der Waals surface area contributed by atoms with Gasteiger partial charge in [0.1, 0.15) is 11.3 Å². The van der Waals surface area contributed by atoms with Gasteiger partial charge in [0.2, 0.25) is 0 Å². The first kappa shape index (κ1) is 16.4. The average molecular weight is 336 g/mol. The Kier molecular flexibility index (Phi) is 4.57. The summed E-state index contributed by atoms with van der Waals surface area (Å²) in [5.41, 5.74) is -0.303. The summed E-state index contributed by atoms with van der Waals surface area (Å²) in [5, 5.41) is 9.28. The predicted molar refractivity (Wildman–Crippen MR) is 89.7 cm³/mol. The molecule has 0 aromatic heterocycles. The number of carbonyl (C=O) groups is 2. The van der Waals surface area contributed by atoms with E-state index >= 15 is 0 Å². The lowest BCUT2D eigenvalue weighted by molar-refractivity contribution is 0.0692. The van der Waals surface area contributed by atoms with Crippen LogP contribution in [0.25, 0.3) is 0 Å². The van der Waals surface area contributed by atoms with E-state index in [-0.39, 0.29) is 16.9 Å². The highest BCUT2D eigenvalue weighted by Crippen LogP contribution is 2.31. The van der Waals surface area contributed by atoms with Crippen LogP contribution in [0.15, 0.2) is 72.8 Å². The van der Waals surface area contributed by atoms with Crippen LogP contribution in [0.4, 0.5) is 4.39 Å². The molecule has 25 heavy (non-hydrogen) atoms. The van der Waals surface area contributed by atoms with Gasteiger partial charge in [-0.3, -0.25) is 4.79 Å². The van der Waals surface area contributed by atoms with Crippen molar-refractivity contribution >= 4 is 11.8 Å². The summed E-state index contributed by atoms with van der Waals surface area (Å²) in [6.45, 7) is 0. The molecule has 4 nitrogen and oxygen atoms in total. The normalized spacial score (nSPS) is 10.3. The van der Waals surface area contributed by atoms with Crippen LogP contribution in [0.3, 0.4) is 0 Å². The number of carboxylic acids is 1. The molecule has 3 rings (SSSR count). The standard InChI is InChI=1S/C20H13FO4/c21-17-15(18(22)13-7-3-1-4-8-13)11-12-16(20(23)24)19(17)25-14-9-5-2-6-10-14/h1-12H,(H,23,24). The molecule has 124 valence electrons. The third kappa shape index (κ3) is 3.40. The number of hydrogen-bond acceptors (Lipinski definition) is 3. The number of para-hydroxylation sites is 1. The lowest BCUT2D eigenvalue weighted by atomic mass is 10.0. The molecular formula is C20H13FO4. The Bertz CT molecular complexity index is 921. The van der Waals surface area contributed by atoms with E-state index < -0.39 is 23.3 Å². The van der Waals surface area contributed by atoms with Crippen molar-refractivity contribution in [3.8, 4) is 11.5 Å². The van der Waals surface area contributed by atoms with E-state index in [0.29, 0.717) is 5.56 Å². The lowest BCUT2D eigenvalue weighted by Crippen LogP contribution is -2.09. The minimum absolute atomic E-state index is 0.248. The van der Waals surface area contributed by atoms with E-state index in [4.69, 9.17) is 4.74 Å². The number of benzene rings is 3. The quantitative estimate of drug-likeness (QED) is 0.694. The van der Waals surface area contributed by atoms with Gasteiger partial charge in [0, 0.05) is 5.56 Å². The van der Waals surface area contributed by atoms with Crippen molar-refractivity contribution in [3.05, 3.63) is 95.3 Å². The van der Waals surface area contributed by atoms with E-state index in [9.17, 15) is 19.1 Å². The second-order valence-electron chi connectivity index (χ2n) is 5.22. The fraction of sp³-hybridized carbons (Fsp3) is 0. The van der Waals surface area contributed by atoms with Gasteiger partial charge in [0.15, 0.2) is 17.3 Å². The molecule has 0 unspecified atom stereocenters. The smallest absolute Gasteiger partial charge is 0.339 e. The molecule has 0 saturated heterocycles. The van der Waals surface area contributed by atoms with E-state index in [2.05, 4.69) is 0 Å². The molecule has 5 heteroatoms. The topological polar surface area (TPSA) is 63.6 Å². The zero-order valence-electron chi connectivity index (χ0n) is 13.0. The van der Waals surface area contributed by atoms with Crippen molar-refractivity contribution in [2.45, 2.75) is 0 Å². The Hall–Kier alpha value is -3.47. The molecule has 0 atom stereocenters. The first-order chi connectivity index (χ1) is 12.1. The zero-order valence-corrected chi connectivity index (χ0v) is 13.0. The van der Waals surface area contributed by atoms with E-state index in [1.807, 2.05) is 0 Å². The highest BCUT2D eigenvalue weighted by Gasteiger charge is 2.24. The van der Waals surface area contributed by atoms with Gasteiger partial charge >= 0.3 is 5.97 Å². The summed E-state index contributed by atoms with van der Waals surface area (Å²) in [5.74, 6) is -3.11. The summed E-state index contributed by atoms with van der Waals surface area (Å²) in [6.07, 6.45) is 0. The molecule has 0 aliphatic rings. The first-order valence-electron chi connectivity index (χ1n) is 7.46. The summed E-state index contributed by atoms with van der Waals surface area (Å²) in [4.78, 5) is 23.9. The molecule has 3 aromatic rings. The number of ether oxygens (including phenoxy) is 1. The molecule has 0 fully saturated rings. The SMILES string of the molecule is O=C(c1ccccc1)c1ccc(C(=O)O)c(Oc2ccccc2)c1F. The van der Waals surface area contributed by atoms with Gasteiger partial charge in [-0.1, -0.05) is 48.5 Å². The molecule has 0 saturated carbocycles. The molecule has 0 heterocycles. The highest BCUT2D eigenvalue weighted by atomic mass is 19.1. The largest absolute Gasteiger partial charge is 0.478 e. The Balaban J connectivity index is 2.09. The zero-order chi connectivity index (χ0) is 17.8. The molecule has 0 radical (unpaired) electrons. The maximum atomic E-state index is 14.9. The first-order valence-corrected chi connectivity index (χ1v) is 7.46. The predicted octanol–water partition coefficient (Wildman–Crippen LogP) is 4.55. The van der Waals surface area contributed by atoms with E-state index in [1.165, 1.54) is 6.07 Å². The highest BCUT2D eigenvalue weighted by molar-refractivity contribution is 6.10. The number of aromatic carboxylic acids is 1. The van der Waals surface area contributed by atoms with Gasteiger partial charge in [0.25, 0.3) is 0 Å². The monoisotopic (exact) mass is 336 g/mol. The summed E-state index contributed by atoms with van der Waals surface area (Å²) in [6, 6.07) is 18.7. The molecular weight excluding hydrogens is 323 g/mol. The van der Waals surface area contributed by atoms with Crippen molar-refractivity contribution in [2.24, 2.45) is 0 Å². The third-order valence-corrected chi connectivity index (χ3v) is 3.57. The lowest BCUT2D eigenvalue weighted by Gasteiger charge is -2.12. The van der Waals surface area contributed by atoms with Gasteiger partial charge in [-0.05, 0) is 24.3 Å². The maximum Gasteiger partial charge on any atom is 0.339 e. The van der Waals surface area contributed by atoms with Crippen molar-refractivity contribution in [1.29, 1.82) is 0 Å². The molecule has 0 aliphatic heterocycles. The maximum absolute atomic E-state index is 14.9. The van der Waals surface area contributed by atoms with Crippen molar-refractivity contribution in [2.75, 3.05) is 0 Å². The Morgan fingerprint density at radius 3 is 1.96 bits per heavy atom. The molecule has 0 bridgehead atoms. The average Bonchev–Trinajstić information content (AvgIpc) is 2.64. The molecule has 1 N–H and O–H groups in total. The van der Waals surface area contributed by atoms with Crippen LogP contribution in [0.2, 0.25) is 0 Å². The van der Waals surface area contributed by atoms with Gasteiger partial charge in [0.05, 0.1) is 5.56 Å². The second kappa shape index (κ2) is 6.97. The van der Waals surface area contributed by atoms with Gasteiger partial charge in [-0.2, -0.15) is 0 Å². The van der Waals surface area contributed by atoms with Crippen LogP contribution in [0, 0.1) is 5.82 Å². The van der Waals surface area contributed by atoms with E-state index in [1.54, 1.807) is 60.7 Å². The number of carboxylic acid groups (broad SMARTS) is 1. The number of rotatable bonds is 5. The minimum atomic E-state index is -1.34. The Morgan fingerprint density at radius 1 is 0.800 bits per heavy atom. The van der Waals surface area contributed by atoms with Gasteiger partial charge < -0.3 is 9.84 Å². The second-order valence-corrected chi connectivity index (χ2v) is 5.22. The number of carbonyl (C=O) groups excluding carboxylic acids is 1. The number of halogens is 1. The third-order valence-electron chi connectivity index (χ3n) is 3.57. The van der Waals surface area contributed by atoms with Gasteiger partial charge in [-0.15, -0.1) is 0 Å². The molecule has 0 aliphatic carbocycles. The molecule has 3 aromatic carbocycles. The fourth-order valence-electron chi connectivity index (χ4n) is 2.35. The Labute approximate surface area is 143 Å². The van der Waals surface area contributed by atoms with Crippen LogP contribution >= 0.6 is 0 Å². The van der Waals surface area contributed by atoms with Crippen LogP contribution in [0.1, 0.15) is 26.3 Å². The van der Waals surface area contributed by atoms with Crippen LogP contribution < -0.4 is 4.74 Å². The fourth-order valence-corrected chi connectivity index (χ4v) is 2.35. The minimum Gasteiger partial charge on any atom is -0.478 e. The molecule has 0 amide bonds. The summed E-state index contributed by atoms with van der Waals surface area (Å²) in [7, 11) is 0. The Morgan fingerprint density at radius 2 is 1.36 bits per heavy atom. The number of ketones is 1. The van der Waals surface area contributed by atoms with E-state index in [0.717, 1.165) is 6.07 Å². The van der Waals surface area contributed by atoms with Crippen molar-refractivity contribution < 1.29 is 23.8 Å². The number of hydrogen-bond donors (Lipinski definition) is 1. The van der Waals surface area contributed by atoms with Crippen LogP contribution in [-0.4, -0.2) is 16.9 Å². The summed E-state index contributed by atoms with van der Waals surface area (Å²) < 4.78 is 20.3. The van der Waals surface area contributed by atoms with Crippen LogP contribution in [0.5, 0.6) is 11.5 Å². The van der Waals surface area contributed by atoms with Crippen molar-refractivity contribution in [1.82, 2.24) is 0 Å².